The van der Waals surface area contributed by atoms with Crippen LogP contribution in [-0.4, -0.2) is 50.3 Å². The normalized spacial score (nSPS) is 25.5. The zero-order valence-electron chi connectivity index (χ0n) is 15.0. The minimum Gasteiger partial charge on any atom is -0.349 e. The second-order valence-electron chi connectivity index (χ2n) is 7.66. The van der Waals surface area contributed by atoms with Crippen LogP contribution in [0, 0.1) is 5.82 Å². The van der Waals surface area contributed by atoms with Crippen LogP contribution in [0.5, 0.6) is 0 Å². The zero-order valence-corrected chi connectivity index (χ0v) is 15.0. The average Bonchev–Trinajstić information content (AvgIpc) is 3.36. The van der Waals surface area contributed by atoms with E-state index in [1.54, 1.807) is 21.5 Å². The summed E-state index contributed by atoms with van der Waals surface area (Å²) in [6.45, 7) is 0.920. The topological polar surface area (TPSA) is 63.0 Å². The lowest BCUT2D eigenvalue weighted by molar-refractivity contribution is -0.140. The summed E-state index contributed by atoms with van der Waals surface area (Å²) in [6, 6.07) is 12.2. The summed E-state index contributed by atoms with van der Waals surface area (Å²) < 4.78 is 22.3. The van der Waals surface area contributed by atoms with Crippen molar-refractivity contribution in [1.29, 1.82) is 0 Å². The molecule has 0 unspecified atom stereocenters. The summed E-state index contributed by atoms with van der Waals surface area (Å²) in [5.74, 6) is 0.579. The maximum Gasteiger partial charge on any atom is 0.261 e. The minimum absolute atomic E-state index is 0.0368. The SMILES string of the molecule is O=C1N2[C@@H](CC[C@H]2c2ccccc2F)OC12CN(c1cccc3ncnn13)C2. The summed E-state index contributed by atoms with van der Waals surface area (Å²) >= 11 is 0. The molecule has 1 amide bonds. The van der Waals surface area contributed by atoms with Crippen molar-refractivity contribution in [2.75, 3.05) is 18.0 Å². The van der Waals surface area contributed by atoms with Crippen molar-refractivity contribution in [1.82, 2.24) is 19.5 Å². The molecule has 2 atom stereocenters. The molecule has 0 N–H and O–H groups in total. The number of rotatable bonds is 2. The van der Waals surface area contributed by atoms with E-state index in [2.05, 4.69) is 15.0 Å². The molecule has 28 heavy (non-hydrogen) atoms. The predicted octanol–water partition coefficient (Wildman–Crippen LogP) is 2.15. The van der Waals surface area contributed by atoms with Gasteiger partial charge in [-0.3, -0.25) is 4.79 Å². The Balaban J connectivity index is 1.27. The van der Waals surface area contributed by atoms with Crippen molar-refractivity contribution in [3.8, 4) is 0 Å². The number of hydrogen-bond acceptors (Lipinski definition) is 5. The van der Waals surface area contributed by atoms with E-state index < -0.39 is 5.60 Å². The van der Waals surface area contributed by atoms with Crippen LogP contribution in [0.2, 0.25) is 0 Å². The van der Waals surface area contributed by atoms with Gasteiger partial charge in [-0.25, -0.2) is 9.37 Å². The molecule has 7 nitrogen and oxygen atoms in total. The van der Waals surface area contributed by atoms with Gasteiger partial charge >= 0.3 is 0 Å². The first-order valence-corrected chi connectivity index (χ1v) is 9.45. The first-order chi connectivity index (χ1) is 13.7. The van der Waals surface area contributed by atoms with Gasteiger partial charge in [-0.05, 0) is 31.0 Å². The number of pyridine rings is 1. The Hall–Kier alpha value is -3.00. The van der Waals surface area contributed by atoms with Gasteiger partial charge in [-0.15, -0.1) is 0 Å². The highest BCUT2D eigenvalue weighted by Gasteiger charge is 2.63. The number of halogens is 1. The summed E-state index contributed by atoms with van der Waals surface area (Å²) in [7, 11) is 0. The van der Waals surface area contributed by atoms with Gasteiger partial charge in [-0.2, -0.15) is 9.61 Å². The molecule has 5 heterocycles. The fourth-order valence-corrected chi connectivity index (χ4v) is 4.78. The monoisotopic (exact) mass is 379 g/mol. The van der Waals surface area contributed by atoms with E-state index in [1.807, 2.05) is 24.3 Å². The van der Waals surface area contributed by atoms with Gasteiger partial charge in [0.05, 0.1) is 19.1 Å². The standard InChI is InChI=1S/C20H18FN5O2/c21-14-5-2-1-4-13(14)15-8-9-18-25(15)19(27)20(28-18)10-24(11-20)17-7-3-6-16-22-12-23-26(16)17/h1-7,12,15,18H,8-11H2/t15-,18+/m0/s1. The zero-order chi connectivity index (χ0) is 18.9. The van der Waals surface area contributed by atoms with Crippen molar-refractivity contribution in [2.24, 2.45) is 0 Å². The highest BCUT2D eigenvalue weighted by atomic mass is 19.1. The lowest BCUT2D eigenvalue weighted by Crippen LogP contribution is -2.67. The molecule has 0 aliphatic carbocycles. The molecule has 8 heteroatoms. The number of anilines is 1. The Morgan fingerprint density at radius 1 is 1.11 bits per heavy atom. The van der Waals surface area contributed by atoms with Gasteiger partial charge in [0.1, 0.15) is 24.2 Å². The van der Waals surface area contributed by atoms with Gasteiger partial charge in [-0.1, -0.05) is 24.3 Å². The number of benzene rings is 1. The van der Waals surface area contributed by atoms with E-state index in [9.17, 15) is 9.18 Å². The molecule has 1 aromatic carbocycles. The van der Waals surface area contributed by atoms with E-state index in [0.717, 1.165) is 24.3 Å². The molecule has 142 valence electrons. The van der Waals surface area contributed by atoms with Crippen LogP contribution in [0.3, 0.4) is 0 Å². The van der Waals surface area contributed by atoms with Crippen LogP contribution in [0.15, 0.2) is 48.8 Å². The molecule has 2 aromatic heterocycles. The summed E-state index contributed by atoms with van der Waals surface area (Å²) in [4.78, 5) is 21.3. The Bertz CT molecular complexity index is 1090. The second kappa shape index (κ2) is 5.51. The fraction of sp³-hybridized carbons (Fsp3) is 0.350. The molecular weight excluding hydrogens is 361 g/mol. The number of nitrogens with zero attached hydrogens (tertiary/aromatic N) is 5. The van der Waals surface area contributed by atoms with Gasteiger partial charge in [0.2, 0.25) is 0 Å². The van der Waals surface area contributed by atoms with Crippen LogP contribution in [0.1, 0.15) is 24.4 Å². The van der Waals surface area contributed by atoms with Crippen LogP contribution >= 0.6 is 0 Å². The summed E-state index contributed by atoms with van der Waals surface area (Å²) in [5, 5.41) is 4.26. The Morgan fingerprint density at radius 2 is 1.96 bits per heavy atom. The van der Waals surface area contributed by atoms with E-state index in [0.29, 0.717) is 18.7 Å². The van der Waals surface area contributed by atoms with E-state index >= 15 is 0 Å². The average molecular weight is 379 g/mol. The first kappa shape index (κ1) is 16.0. The molecule has 3 saturated heterocycles. The smallest absolute Gasteiger partial charge is 0.261 e. The van der Waals surface area contributed by atoms with Crippen LogP contribution in [0.4, 0.5) is 10.2 Å². The highest BCUT2D eigenvalue weighted by molar-refractivity contribution is 5.91. The molecule has 0 radical (unpaired) electrons. The van der Waals surface area contributed by atoms with E-state index in [-0.39, 0.29) is 24.0 Å². The third kappa shape index (κ3) is 2.03. The third-order valence-electron chi connectivity index (χ3n) is 6.08. The summed E-state index contributed by atoms with van der Waals surface area (Å²) in [5.41, 5.74) is 0.483. The summed E-state index contributed by atoms with van der Waals surface area (Å²) in [6.07, 6.45) is 2.68. The quantitative estimate of drug-likeness (QED) is 0.683. The van der Waals surface area contributed by atoms with Gasteiger partial charge in [0.25, 0.3) is 5.91 Å². The highest BCUT2D eigenvalue weighted by Crippen LogP contribution is 2.48. The van der Waals surface area contributed by atoms with Gasteiger partial charge in [0.15, 0.2) is 11.2 Å². The lowest BCUT2D eigenvalue weighted by Gasteiger charge is -2.46. The Labute approximate surface area is 160 Å². The van der Waals surface area contributed by atoms with Gasteiger partial charge in [0, 0.05) is 5.56 Å². The number of ether oxygens (including phenoxy) is 1. The maximum absolute atomic E-state index is 14.3. The molecule has 0 bridgehead atoms. The number of carbonyl (C=O) groups is 1. The predicted molar refractivity (Wildman–Crippen MR) is 98.0 cm³/mol. The van der Waals surface area contributed by atoms with Crippen LogP contribution < -0.4 is 4.90 Å². The lowest BCUT2D eigenvalue weighted by atomic mass is 9.91. The van der Waals surface area contributed by atoms with Crippen LogP contribution in [-0.2, 0) is 9.53 Å². The largest absolute Gasteiger partial charge is 0.349 e. The number of amides is 1. The molecule has 1 spiro atoms. The fourth-order valence-electron chi connectivity index (χ4n) is 4.78. The number of fused-ring (bicyclic) bond motifs is 2. The molecule has 6 rings (SSSR count). The number of aromatic nitrogens is 3. The molecule has 3 fully saturated rings. The van der Waals surface area contributed by atoms with E-state index in [4.69, 9.17) is 4.74 Å². The first-order valence-electron chi connectivity index (χ1n) is 9.45. The molecule has 0 saturated carbocycles. The van der Waals surface area contributed by atoms with Crippen molar-refractivity contribution in [2.45, 2.75) is 30.7 Å². The second-order valence-corrected chi connectivity index (χ2v) is 7.66. The molecule has 3 aliphatic heterocycles. The Morgan fingerprint density at radius 3 is 2.82 bits per heavy atom. The van der Waals surface area contributed by atoms with Crippen molar-refractivity contribution < 1.29 is 13.9 Å². The Kier molecular flexibility index (Phi) is 3.15. The third-order valence-corrected chi connectivity index (χ3v) is 6.08. The maximum atomic E-state index is 14.3. The van der Waals surface area contributed by atoms with Gasteiger partial charge < -0.3 is 14.5 Å². The minimum atomic E-state index is -0.850. The van der Waals surface area contributed by atoms with Crippen molar-refractivity contribution in [3.05, 3.63) is 60.2 Å². The van der Waals surface area contributed by atoms with Crippen molar-refractivity contribution >= 4 is 17.4 Å². The van der Waals surface area contributed by atoms with Crippen LogP contribution in [0.25, 0.3) is 5.65 Å². The molecular formula is C20H18FN5O2. The number of carbonyl (C=O) groups excluding carboxylic acids is 1. The molecule has 3 aromatic rings. The number of hydrogen-bond donors (Lipinski definition) is 0. The van der Waals surface area contributed by atoms with Crippen molar-refractivity contribution in [3.63, 3.8) is 0 Å². The molecule has 3 aliphatic rings. The van der Waals surface area contributed by atoms with E-state index in [1.165, 1.54) is 12.4 Å².